The molecular formula is C12H11Br2NS. The number of hydrogen-bond acceptors (Lipinski definition) is 2. The Hall–Kier alpha value is -0.320. The van der Waals surface area contributed by atoms with Gasteiger partial charge in [0.05, 0.1) is 0 Å². The number of aryl methyl sites for hydroxylation is 1. The van der Waals surface area contributed by atoms with Gasteiger partial charge < -0.3 is 5.32 Å². The third kappa shape index (κ3) is 3.09. The number of anilines is 1. The summed E-state index contributed by atoms with van der Waals surface area (Å²) in [5, 5.41) is 3.41. The van der Waals surface area contributed by atoms with Crippen LogP contribution in [0.3, 0.4) is 0 Å². The Morgan fingerprint density at radius 3 is 2.62 bits per heavy atom. The second-order valence-electron chi connectivity index (χ2n) is 3.49. The van der Waals surface area contributed by atoms with E-state index in [4.69, 9.17) is 0 Å². The molecule has 0 saturated carbocycles. The minimum Gasteiger partial charge on any atom is -0.379 e. The normalized spacial score (nSPS) is 10.4. The second kappa shape index (κ2) is 5.34. The van der Waals surface area contributed by atoms with Crippen LogP contribution in [0, 0.1) is 6.92 Å². The molecule has 2 rings (SSSR count). The lowest BCUT2D eigenvalue weighted by atomic mass is 10.3. The maximum Gasteiger partial charge on any atom is 0.0494 e. The molecule has 0 bridgehead atoms. The summed E-state index contributed by atoms with van der Waals surface area (Å²) in [4.78, 5) is 2.71. The summed E-state index contributed by atoms with van der Waals surface area (Å²) in [6.07, 6.45) is 0. The first-order chi connectivity index (χ1) is 7.65. The van der Waals surface area contributed by atoms with Crippen molar-refractivity contribution in [3.8, 4) is 0 Å². The summed E-state index contributed by atoms with van der Waals surface area (Å²) in [5.41, 5.74) is 1.12. The van der Waals surface area contributed by atoms with Gasteiger partial charge in [-0.25, -0.2) is 0 Å². The number of rotatable bonds is 3. The molecule has 2 aromatic rings. The van der Waals surface area contributed by atoms with E-state index in [9.17, 15) is 0 Å². The summed E-state index contributed by atoms with van der Waals surface area (Å²) in [7, 11) is 0. The second-order valence-corrected chi connectivity index (χ2v) is 6.63. The molecule has 4 heteroatoms. The van der Waals surface area contributed by atoms with Gasteiger partial charge in [0.1, 0.15) is 0 Å². The van der Waals surface area contributed by atoms with E-state index in [1.807, 2.05) is 23.5 Å². The van der Waals surface area contributed by atoms with E-state index >= 15 is 0 Å². The Morgan fingerprint density at radius 1 is 1.19 bits per heavy atom. The van der Waals surface area contributed by atoms with Gasteiger partial charge in [-0.15, -0.1) is 11.3 Å². The van der Waals surface area contributed by atoms with Crippen LogP contribution in [-0.2, 0) is 6.54 Å². The highest BCUT2D eigenvalue weighted by Gasteiger charge is 2.01. The zero-order valence-corrected chi connectivity index (χ0v) is 12.7. The molecular weight excluding hydrogens is 350 g/mol. The largest absolute Gasteiger partial charge is 0.379 e. The van der Waals surface area contributed by atoms with E-state index in [2.05, 4.69) is 62.3 Å². The SMILES string of the molecule is Cc1ccc(CNc2ccc(Br)cc2Br)s1. The van der Waals surface area contributed by atoms with Gasteiger partial charge in [0.2, 0.25) is 0 Å². The molecule has 16 heavy (non-hydrogen) atoms. The van der Waals surface area contributed by atoms with Crippen molar-refractivity contribution in [2.24, 2.45) is 0 Å². The van der Waals surface area contributed by atoms with E-state index in [1.54, 1.807) is 0 Å². The lowest BCUT2D eigenvalue weighted by Gasteiger charge is -2.07. The quantitative estimate of drug-likeness (QED) is 0.793. The molecule has 0 spiro atoms. The summed E-state index contributed by atoms with van der Waals surface area (Å²) in [6, 6.07) is 10.5. The van der Waals surface area contributed by atoms with E-state index in [-0.39, 0.29) is 0 Å². The maximum absolute atomic E-state index is 3.54. The van der Waals surface area contributed by atoms with E-state index in [0.29, 0.717) is 0 Å². The minimum absolute atomic E-state index is 0.874. The Kier molecular flexibility index (Phi) is 4.05. The molecule has 0 saturated heterocycles. The van der Waals surface area contributed by atoms with Crippen LogP contribution in [0.15, 0.2) is 39.3 Å². The van der Waals surface area contributed by atoms with E-state index in [0.717, 1.165) is 21.2 Å². The molecule has 1 N–H and O–H groups in total. The zero-order chi connectivity index (χ0) is 11.5. The van der Waals surface area contributed by atoms with Gasteiger partial charge in [0.15, 0.2) is 0 Å². The summed E-state index contributed by atoms with van der Waals surface area (Å²) < 4.78 is 2.16. The van der Waals surface area contributed by atoms with Gasteiger partial charge in [0, 0.05) is 30.9 Å². The Bertz CT molecular complexity index is 494. The van der Waals surface area contributed by atoms with Crippen LogP contribution in [0.25, 0.3) is 0 Å². The summed E-state index contributed by atoms with van der Waals surface area (Å²) in [5.74, 6) is 0. The number of benzene rings is 1. The van der Waals surface area contributed by atoms with Crippen LogP contribution >= 0.6 is 43.2 Å². The van der Waals surface area contributed by atoms with Crippen LogP contribution in [0.5, 0.6) is 0 Å². The van der Waals surface area contributed by atoms with Crippen LogP contribution < -0.4 is 5.32 Å². The third-order valence-corrected chi connectivity index (χ3v) is 4.33. The summed E-state index contributed by atoms with van der Waals surface area (Å²) >= 11 is 8.81. The Balaban J connectivity index is 2.04. The van der Waals surface area contributed by atoms with Crippen molar-refractivity contribution in [3.05, 3.63) is 49.0 Å². The molecule has 0 fully saturated rings. The lowest BCUT2D eigenvalue weighted by Crippen LogP contribution is -1.97. The summed E-state index contributed by atoms with van der Waals surface area (Å²) in [6.45, 7) is 3.00. The molecule has 1 aromatic carbocycles. The van der Waals surface area contributed by atoms with Gasteiger partial charge in [-0.3, -0.25) is 0 Å². The number of nitrogens with one attached hydrogen (secondary N) is 1. The Morgan fingerprint density at radius 2 is 2.00 bits per heavy atom. The van der Waals surface area contributed by atoms with Crippen molar-refractivity contribution in [2.45, 2.75) is 13.5 Å². The van der Waals surface area contributed by atoms with Crippen molar-refractivity contribution in [1.29, 1.82) is 0 Å². The van der Waals surface area contributed by atoms with Crippen molar-refractivity contribution < 1.29 is 0 Å². The topological polar surface area (TPSA) is 12.0 Å². The number of thiophene rings is 1. The zero-order valence-electron chi connectivity index (χ0n) is 8.76. The van der Waals surface area contributed by atoms with Gasteiger partial charge in [-0.2, -0.15) is 0 Å². The smallest absolute Gasteiger partial charge is 0.0494 e. The van der Waals surface area contributed by atoms with Gasteiger partial charge in [-0.1, -0.05) is 15.9 Å². The fourth-order valence-electron chi connectivity index (χ4n) is 1.40. The van der Waals surface area contributed by atoms with Crippen LogP contribution in [0.1, 0.15) is 9.75 Å². The van der Waals surface area contributed by atoms with Crippen molar-refractivity contribution in [2.75, 3.05) is 5.32 Å². The molecule has 1 heterocycles. The number of halogens is 2. The lowest BCUT2D eigenvalue weighted by molar-refractivity contribution is 1.19. The van der Waals surface area contributed by atoms with Crippen LogP contribution in [0.4, 0.5) is 5.69 Å². The van der Waals surface area contributed by atoms with Gasteiger partial charge in [0.25, 0.3) is 0 Å². The molecule has 0 aliphatic rings. The first kappa shape index (κ1) is 12.1. The highest BCUT2D eigenvalue weighted by atomic mass is 79.9. The molecule has 0 aliphatic heterocycles. The predicted molar refractivity (Wildman–Crippen MR) is 78.2 cm³/mol. The first-order valence-electron chi connectivity index (χ1n) is 4.89. The molecule has 1 nitrogen and oxygen atoms in total. The van der Waals surface area contributed by atoms with Gasteiger partial charge >= 0.3 is 0 Å². The van der Waals surface area contributed by atoms with E-state index in [1.165, 1.54) is 9.75 Å². The minimum atomic E-state index is 0.874. The third-order valence-electron chi connectivity index (χ3n) is 2.18. The number of hydrogen-bond donors (Lipinski definition) is 1. The molecule has 0 aliphatic carbocycles. The van der Waals surface area contributed by atoms with E-state index < -0.39 is 0 Å². The van der Waals surface area contributed by atoms with Crippen molar-refractivity contribution in [1.82, 2.24) is 0 Å². The standard InChI is InChI=1S/C12H11Br2NS/c1-8-2-4-10(16-8)7-15-12-5-3-9(13)6-11(12)14/h2-6,15H,7H2,1H3. The van der Waals surface area contributed by atoms with Crippen LogP contribution in [-0.4, -0.2) is 0 Å². The average Bonchev–Trinajstić information content (AvgIpc) is 2.63. The monoisotopic (exact) mass is 359 g/mol. The predicted octanol–water partition coefficient (Wildman–Crippen LogP) is 5.19. The fraction of sp³-hybridized carbons (Fsp3) is 0.167. The highest BCUT2D eigenvalue weighted by Crippen LogP contribution is 2.27. The molecule has 0 atom stereocenters. The van der Waals surface area contributed by atoms with Crippen LogP contribution in [0.2, 0.25) is 0 Å². The fourth-order valence-corrected chi connectivity index (χ4v) is 3.41. The van der Waals surface area contributed by atoms with Crippen molar-refractivity contribution in [3.63, 3.8) is 0 Å². The molecule has 0 amide bonds. The highest BCUT2D eigenvalue weighted by molar-refractivity contribution is 9.11. The molecule has 84 valence electrons. The maximum atomic E-state index is 3.54. The molecule has 0 radical (unpaired) electrons. The van der Waals surface area contributed by atoms with Gasteiger partial charge in [-0.05, 0) is 53.2 Å². The van der Waals surface area contributed by atoms with Crippen molar-refractivity contribution >= 4 is 48.9 Å². The molecule has 1 aromatic heterocycles. The average molecular weight is 361 g/mol. The molecule has 0 unspecified atom stereocenters. The first-order valence-corrected chi connectivity index (χ1v) is 7.29. The Labute approximate surface area is 116 Å².